The second-order valence-corrected chi connectivity index (χ2v) is 8.40. The third kappa shape index (κ3) is 4.92. The van der Waals surface area contributed by atoms with Crippen LogP contribution in [0.4, 0.5) is 0 Å². The number of nitrogens with zero attached hydrogens (tertiary/aromatic N) is 2. The normalized spacial score (nSPS) is 11.3. The highest BCUT2D eigenvalue weighted by molar-refractivity contribution is 7.90. The molecule has 0 aliphatic rings. The maximum Gasteiger partial charge on any atom is 0.251 e. The molecule has 1 heterocycles. The summed E-state index contributed by atoms with van der Waals surface area (Å²) in [4.78, 5) is 23.4. The topological polar surface area (TPSA) is 124 Å². The molecule has 0 bridgehead atoms. The summed E-state index contributed by atoms with van der Waals surface area (Å²) in [5.74, 6) is -0.951. The third-order valence-electron chi connectivity index (χ3n) is 3.86. The summed E-state index contributed by atoms with van der Waals surface area (Å²) in [6.07, 6.45) is 1.12. The van der Waals surface area contributed by atoms with Crippen LogP contribution < -0.4 is 11.1 Å². The van der Waals surface area contributed by atoms with Crippen LogP contribution in [0.3, 0.4) is 0 Å². The van der Waals surface area contributed by atoms with E-state index < -0.39 is 15.7 Å². The number of rotatable bonds is 7. The van der Waals surface area contributed by atoms with Crippen molar-refractivity contribution in [2.24, 2.45) is 5.73 Å². The van der Waals surface area contributed by atoms with E-state index in [4.69, 9.17) is 5.73 Å². The molecule has 3 N–H and O–H groups in total. The number of carbonyl (C=O) groups is 2. The van der Waals surface area contributed by atoms with Crippen molar-refractivity contribution in [3.63, 3.8) is 0 Å². The van der Waals surface area contributed by atoms with Gasteiger partial charge in [0.1, 0.15) is 16.4 Å². The van der Waals surface area contributed by atoms with Gasteiger partial charge in [0.2, 0.25) is 5.91 Å². The molecule has 9 heteroatoms. The SMILES string of the molecule is Cc1nn(CC(N)=O)c(C)c1-c1cccc(C(=O)NCCS(C)(=O)=O)c1. The van der Waals surface area contributed by atoms with E-state index in [1.165, 1.54) is 4.68 Å². The number of primary amides is 1. The van der Waals surface area contributed by atoms with Gasteiger partial charge >= 0.3 is 0 Å². The van der Waals surface area contributed by atoms with Crippen LogP contribution in [0.1, 0.15) is 21.7 Å². The van der Waals surface area contributed by atoms with Crippen molar-refractivity contribution in [2.75, 3.05) is 18.6 Å². The Morgan fingerprint density at radius 2 is 1.96 bits per heavy atom. The summed E-state index contributed by atoms with van der Waals surface area (Å²) in [5.41, 5.74) is 8.76. The molecule has 2 aromatic rings. The first-order valence-corrected chi connectivity index (χ1v) is 10.0. The lowest BCUT2D eigenvalue weighted by molar-refractivity contribution is -0.118. The van der Waals surface area contributed by atoms with Gasteiger partial charge in [0.25, 0.3) is 5.91 Å². The summed E-state index contributed by atoms with van der Waals surface area (Å²) >= 11 is 0. The van der Waals surface area contributed by atoms with Gasteiger partial charge in [0.15, 0.2) is 0 Å². The quantitative estimate of drug-likeness (QED) is 0.723. The third-order valence-corrected chi connectivity index (χ3v) is 4.80. The minimum Gasteiger partial charge on any atom is -0.368 e. The van der Waals surface area contributed by atoms with Crippen LogP contribution in [0.25, 0.3) is 11.1 Å². The Morgan fingerprint density at radius 1 is 1.27 bits per heavy atom. The number of amides is 2. The molecule has 26 heavy (non-hydrogen) atoms. The average molecular weight is 378 g/mol. The molecule has 8 nitrogen and oxygen atoms in total. The van der Waals surface area contributed by atoms with Gasteiger partial charge in [-0.05, 0) is 31.5 Å². The number of nitrogens with two attached hydrogens (primary N) is 1. The maximum absolute atomic E-state index is 12.2. The summed E-state index contributed by atoms with van der Waals surface area (Å²) in [6, 6.07) is 6.95. The molecule has 2 amide bonds. The molecule has 0 fully saturated rings. The lowest BCUT2D eigenvalue weighted by atomic mass is 10.0. The number of benzene rings is 1. The van der Waals surface area contributed by atoms with E-state index in [-0.39, 0.29) is 24.7 Å². The Kier molecular flexibility index (Phi) is 5.81. The highest BCUT2D eigenvalue weighted by Gasteiger charge is 2.16. The van der Waals surface area contributed by atoms with Gasteiger partial charge in [0.05, 0.1) is 11.4 Å². The molecule has 0 aliphatic heterocycles. The number of hydrogen-bond donors (Lipinski definition) is 2. The molecular weight excluding hydrogens is 356 g/mol. The summed E-state index contributed by atoms with van der Waals surface area (Å²) in [5, 5.41) is 6.92. The highest BCUT2D eigenvalue weighted by atomic mass is 32.2. The molecule has 0 unspecified atom stereocenters. The van der Waals surface area contributed by atoms with E-state index in [2.05, 4.69) is 10.4 Å². The first kappa shape index (κ1) is 19.6. The zero-order chi connectivity index (χ0) is 19.5. The Balaban J connectivity index is 2.25. The smallest absolute Gasteiger partial charge is 0.251 e. The standard InChI is InChI=1S/C17H22N4O4S/c1-11-16(12(2)21(20-11)10-15(18)22)13-5-4-6-14(9-13)17(23)19-7-8-26(3,24)25/h4-6,9H,7-8,10H2,1-3H3,(H2,18,22)(H,19,23). The second kappa shape index (κ2) is 7.69. The van der Waals surface area contributed by atoms with Crippen LogP contribution >= 0.6 is 0 Å². The fourth-order valence-electron chi connectivity index (χ4n) is 2.68. The van der Waals surface area contributed by atoms with Crippen LogP contribution in [0, 0.1) is 13.8 Å². The minimum absolute atomic E-state index is 0.0155. The van der Waals surface area contributed by atoms with Gasteiger partial charge in [-0.2, -0.15) is 5.10 Å². The van der Waals surface area contributed by atoms with Crippen molar-refractivity contribution in [2.45, 2.75) is 20.4 Å². The van der Waals surface area contributed by atoms with Gasteiger partial charge in [0, 0.05) is 29.6 Å². The zero-order valence-electron chi connectivity index (χ0n) is 14.9. The molecule has 0 saturated carbocycles. The fraction of sp³-hybridized carbons (Fsp3) is 0.353. The molecule has 0 saturated heterocycles. The lowest BCUT2D eigenvalue weighted by Gasteiger charge is -2.08. The Morgan fingerprint density at radius 3 is 2.58 bits per heavy atom. The Hall–Kier alpha value is -2.68. The van der Waals surface area contributed by atoms with Crippen molar-refractivity contribution in [1.82, 2.24) is 15.1 Å². The Labute approximate surface area is 152 Å². The van der Waals surface area contributed by atoms with Gasteiger partial charge in [-0.15, -0.1) is 0 Å². The molecule has 0 atom stereocenters. The fourth-order valence-corrected chi connectivity index (χ4v) is 3.16. The number of hydrogen-bond acceptors (Lipinski definition) is 5. The van der Waals surface area contributed by atoms with Gasteiger partial charge in [-0.3, -0.25) is 14.3 Å². The molecule has 0 spiro atoms. The minimum atomic E-state index is -3.14. The van der Waals surface area contributed by atoms with Crippen LogP contribution in [-0.2, 0) is 21.2 Å². The summed E-state index contributed by atoms with van der Waals surface area (Å²) in [6.45, 7) is 3.69. The van der Waals surface area contributed by atoms with Crippen molar-refractivity contribution >= 4 is 21.7 Å². The van der Waals surface area contributed by atoms with E-state index in [0.717, 1.165) is 28.8 Å². The number of carbonyl (C=O) groups excluding carboxylic acids is 2. The van der Waals surface area contributed by atoms with Crippen LogP contribution in [0.2, 0.25) is 0 Å². The van der Waals surface area contributed by atoms with E-state index >= 15 is 0 Å². The largest absolute Gasteiger partial charge is 0.368 e. The van der Waals surface area contributed by atoms with E-state index in [1.54, 1.807) is 18.2 Å². The zero-order valence-corrected chi connectivity index (χ0v) is 15.8. The van der Waals surface area contributed by atoms with Crippen molar-refractivity contribution in [3.05, 3.63) is 41.2 Å². The average Bonchev–Trinajstić information content (AvgIpc) is 2.79. The van der Waals surface area contributed by atoms with Gasteiger partial charge in [-0.1, -0.05) is 12.1 Å². The monoisotopic (exact) mass is 378 g/mol. The van der Waals surface area contributed by atoms with Crippen LogP contribution in [0.5, 0.6) is 0 Å². The molecule has 140 valence electrons. The van der Waals surface area contributed by atoms with Crippen molar-refractivity contribution in [1.29, 1.82) is 0 Å². The van der Waals surface area contributed by atoms with E-state index in [9.17, 15) is 18.0 Å². The Bertz CT molecular complexity index is 948. The lowest BCUT2D eigenvalue weighted by Crippen LogP contribution is -2.28. The molecular formula is C17H22N4O4S. The number of sulfone groups is 1. The van der Waals surface area contributed by atoms with Crippen LogP contribution in [-0.4, -0.2) is 48.6 Å². The molecule has 2 rings (SSSR count). The summed E-state index contributed by atoms with van der Waals surface area (Å²) < 4.78 is 23.8. The number of aryl methyl sites for hydroxylation is 1. The second-order valence-electron chi connectivity index (χ2n) is 6.14. The summed E-state index contributed by atoms with van der Waals surface area (Å²) in [7, 11) is -3.14. The highest BCUT2D eigenvalue weighted by Crippen LogP contribution is 2.27. The molecule has 1 aromatic carbocycles. The number of aromatic nitrogens is 2. The molecule has 0 radical (unpaired) electrons. The van der Waals surface area contributed by atoms with Gasteiger partial charge in [-0.25, -0.2) is 8.42 Å². The first-order valence-electron chi connectivity index (χ1n) is 7.97. The van der Waals surface area contributed by atoms with Crippen LogP contribution in [0.15, 0.2) is 24.3 Å². The molecule has 0 aliphatic carbocycles. The van der Waals surface area contributed by atoms with E-state index in [1.807, 2.05) is 19.9 Å². The van der Waals surface area contributed by atoms with Crippen molar-refractivity contribution < 1.29 is 18.0 Å². The number of nitrogens with one attached hydrogen (secondary N) is 1. The molecule has 1 aromatic heterocycles. The predicted molar refractivity (Wildman–Crippen MR) is 98.4 cm³/mol. The van der Waals surface area contributed by atoms with Crippen molar-refractivity contribution in [3.8, 4) is 11.1 Å². The first-order chi connectivity index (χ1) is 12.1. The van der Waals surface area contributed by atoms with E-state index in [0.29, 0.717) is 5.56 Å². The van der Waals surface area contributed by atoms with Gasteiger partial charge < -0.3 is 11.1 Å². The maximum atomic E-state index is 12.2. The predicted octanol–water partition coefficient (Wildman–Crippen LogP) is 0.427.